The fourth-order valence-corrected chi connectivity index (χ4v) is 1.79. The van der Waals surface area contributed by atoms with Gasteiger partial charge in [-0.3, -0.25) is 0 Å². The molecule has 0 aliphatic carbocycles. The Labute approximate surface area is 109 Å². The number of nitrogens with zero attached hydrogens (tertiary/aromatic N) is 2. The van der Waals surface area contributed by atoms with E-state index >= 15 is 0 Å². The Bertz CT molecular complexity index is 555. The fourth-order valence-electron chi connectivity index (χ4n) is 1.79. The smallest absolute Gasteiger partial charge is 0.340 e. The number of hydrogen-bond donors (Lipinski definition) is 2. The van der Waals surface area contributed by atoms with E-state index in [0.29, 0.717) is 12.2 Å². The minimum Gasteiger partial charge on any atom is -0.478 e. The van der Waals surface area contributed by atoms with E-state index in [9.17, 15) is 9.18 Å². The first-order valence-electron chi connectivity index (χ1n) is 5.90. The summed E-state index contributed by atoms with van der Waals surface area (Å²) in [5.41, 5.74) is -0.0109. The number of aryl methyl sites for hydroxylation is 1. The highest BCUT2D eigenvalue weighted by atomic mass is 19.1. The van der Waals surface area contributed by atoms with Crippen LogP contribution >= 0.6 is 0 Å². The molecule has 2 aromatic rings. The normalized spacial score (nSPS) is 10.4. The second-order valence-electron chi connectivity index (χ2n) is 4.05. The van der Waals surface area contributed by atoms with Crippen molar-refractivity contribution in [1.82, 2.24) is 9.55 Å². The number of rotatable bonds is 6. The number of aromatic carboxylic acids is 1. The summed E-state index contributed by atoms with van der Waals surface area (Å²) < 4.78 is 15.3. The van der Waals surface area contributed by atoms with Gasteiger partial charge in [-0.15, -0.1) is 0 Å². The van der Waals surface area contributed by atoms with Gasteiger partial charge in [-0.2, -0.15) is 0 Å². The summed E-state index contributed by atoms with van der Waals surface area (Å²) in [6.07, 6.45) is 6.05. The van der Waals surface area contributed by atoms with E-state index < -0.39 is 11.8 Å². The van der Waals surface area contributed by atoms with Gasteiger partial charge in [0.05, 0.1) is 12.0 Å². The maximum absolute atomic E-state index is 13.4. The molecule has 5 nitrogen and oxygen atoms in total. The molecule has 1 heterocycles. The third kappa shape index (κ3) is 3.31. The quantitative estimate of drug-likeness (QED) is 0.784. The second-order valence-corrected chi connectivity index (χ2v) is 4.05. The van der Waals surface area contributed by atoms with Crippen molar-refractivity contribution < 1.29 is 14.3 Å². The summed E-state index contributed by atoms with van der Waals surface area (Å²) in [6, 6.07) is 4.18. The molecular formula is C13H14FN3O2. The van der Waals surface area contributed by atoms with Gasteiger partial charge in [0.25, 0.3) is 0 Å². The van der Waals surface area contributed by atoms with Gasteiger partial charge >= 0.3 is 5.97 Å². The van der Waals surface area contributed by atoms with E-state index in [0.717, 1.165) is 19.0 Å². The molecule has 2 rings (SSSR count). The van der Waals surface area contributed by atoms with Crippen molar-refractivity contribution in [3.8, 4) is 0 Å². The molecule has 6 heteroatoms. The predicted octanol–water partition coefficient (Wildman–Crippen LogP) is 2.22. The highest BCUT2D eigenvalue weighted by molar-refractivity contribution is 5.94. The maximum atomic E-state index is 13.4. The van der Waals surface area contributed by atoms with Crippen LogP contribution in [0.1, 0.15) is 16.8 Å². The lowest BCUT2D eigenvalue weighted by Crippen LogP contribution is -2.11. The van der Waals surface area contributed by atoms with E-state index in [1.54, 1.807) is 18.6 Å². The van der Waals surface area contributed by atoms with Crippen LogP contribution in [-0.4, -0.2) is 27.2 Å². The topological polar surface area (TPSA) is 67.2 Å². The molecule has 0 aliphatic rings. The van der Waals surface area contributed by atoms with Gasteiger partial charge in [-0.1, -0.05) is 6.07 Å². The van der Waals surface area contributed by atoms with Gasteiger partial charge in [0, 0.05) is 25.5 Å². The zero-order valence-corrected chi connectivity index (χ0v) is 10.2. The zero-order valence-electron chi connectivity index (χ0n) is 10.2. The molecule has 0 spiro atoms. The van der Waals surface area contributed by atoms with Gasteiger partial charge in [-0.05, 0) is 18.6 Å². The second kappa shape index (κ2) is 5.99. The third-order valence-corrected chi connectivity index (χ3v) is 2.70. The Balaban J connectivity index is 1.92. The van der Waals surface area contributed by atoms with E-state index in [4.69, 9.17) is 5.11 Å². The number of halogens is 1. The third-order valence-electron chi connectivity index (χ3n) is 2.70. The molecule has 0 fully saturated rings. The monoisotopic (exact) mass is 263 g/mol. The summed E-state index contributed by atoms with van der Waals surface area (Å²) in [5.74, 6) is -2.00. The number of anilines is 1. The van der Waals surface area contributed by atoms with Crippen LogP contribution in [0.5, 0.6) is 0 Å². The molecule has 0 amide bonds. The van der Waals surface area contributed by atoms with Gasteiger partial charge in [-0.25, -0.2) is 14.2 Å². The Morgan fingerprint density at radius 1 is 1.47 bits per heavy atom. The van der Waals surface area contributed by atoms with Crippen LogP contribution in [0.15, 0.2) is 36.9 Å². The average Bonchev–Trinajstić information content (AvgIpc) is 2.87. The molecule has 0 atom stereocenters. The minimum atomic E-state index is -1.27. The van der Waals surface area contributed by atoms with Gasteiger partial charge in [0.1, 0.15) is 11.4 Å². The Hall–Kier alpha value is -2.37. The molecule has 1 aromatic heterocycles. The molecule has 100 valence electrons. The van der Waals surface area contributed by atoms with E-state index in [1.165, 1.54) is 6.07 Å². The highest BCUT2D eigenvalue weighted by Gasteiger charge is 2.14. The Morgan fingerprint density at radius 2 is 2.32 bits per heavy atom. The summed E-state index contributed by atoms with van der Waals surface area (Å²) in [7, 11) is 0. The van der Waals surface area contributed by atoms with Crippen LogP contribution in [0.2, 0.25) is 0 Å². The first kappa shape index (κ1) is 13.1. The van der Waals surface area contributed by atoms with Gasteiger partial charge in [0.2, 0.25) is 0 Å². The van der Waals surface area contributed by atoms with Crippen molar-refractivity contribution in [2.75, 3.05) is 11.9 Å². The zero-order chi connectivity index (χ0) is 13.7. The van der Waals surface area contributed by atoms with Crippen molar-refractivity contribution in [1.29, 1.82) is 0 Å². The van der Waals surface area contributed by atoms with E-state index in [1.807, 2.05) is 10.8 Å². The number of carboxylic acids is 1. The van der Waals surface area contributed by atoms with Crippen LogP contribution < -0.4 is 5.32 Å². The van der Waals surface area contributed by atoms with Crippen molar-refractivity contribution in [2.24, 2.45) is 0 Å². The number of carboxylic acid groups (broad SMARTS) is 1. The lowest BCUT2D eigenvalue weighted by Gasteiger charge is -2.10. The van der Waals surface area contributed by atoms with Crippen molar-refractivity contribution >= 4 is 11.7 Å². The average molecular weight is 263 g/mol. The number of imidazole rings is 1. The summed E-state index contributed by atoms with van der Waals surface area (Å²) >= 11 is 0. The van der Waals surface area contributed by atoms with Crippen molar-refractivity contribution in [3.63, 3.8) is 0 Å². The van der Waals surface area contributed by atoms with Crippen LogP contribution in [0.4, 0.5) is 10.1 Å². The first-order chi connectivity index (χ1) is 9.18. The molecule has 0 aliphatic heterocycles. The van der Waals surface area contributed by atoms with Gasteiger partial charge < -0.3 is 15.0 Å². The van der Waals surface area contributed by atoms with E-state index in [-0.39, 0.29) is 5.56 Å². The highest BCUT2D eigenvalue weighted by Crippen LogP contribution is 2.18. The van der Waals surface area contributed by atoms with Crippen LogP contribution in [-0.2, 0) is 6.54 Å². The standard InChI is InChI=1S/C13H14FN3O2/c14-10-3-1-4-11(12(10)13(18)19)16-5-2-7-17-8-6-15-9-17/h1,3-4,6,8-9,16H,2,5,7H2,(H,18,19). The minimum absolute atomic E-state index is 0.304. The molecule has 19 heavy (non-hydrogen) atoms. The first-order valence-corrected chi connectivity index (χ1v) is 5.90. The van der Waals surface area contributed by atoms with Crippen molar-refractivity contribution in [2.45, 2.75) is 13.0 Å². The Morgan fingerprint density at radius 3 is 3.00 bits per heavy atom. The fraction of sp³-hybridized carbons (Fsp3) is 0.231. The Kier molecular flexibility index (Phi) is 4.12. The molecule has 1 aromatic carbocycles. The van der Waals surface area contributed by atoms with Crippen LogP contribution in [0, 0.1) is 5.82 Å². The molecular weight excluding hydrogens is 249 g/mol. The molecule has 0 saturated heterocycles. The summed E-state index contributed by atoms with van der Waals surface area (Å²) in [4.78, 5) is 14.9. The number of benzene rings is 1. The molecule has 0 radical (unpaired) electrons. The molecule has 0 bridgehead atoms. The SMILES string of the molecule is O=C(O)c1c(F)cccc1NCCCn1ccnc1. The number of nitrogens with one attached hydrogen (secondary N) is 1. The lowest BCUT2D eigenvalue weighted by atomic mass is 10.1. The number of hydrogen-bond acceptors (Lipinski definition) is 3. The van der Waals surface area contributed by atoms with Crippen molar-refractivity contribution in [3.05, 3.63) is 48.3 Å². The number of carbonyl (C=O) groups is 1. The molecule has 2 N–H and O–H groups in total. The largest absolute Gasteiger partial charge is 0.478 e. The van der Waals surface area contributed by atoms with Crippen LogP contribution in [0.25, 0.3) is 0 Å². The van der Waals surface area contributed by atoms with Gasteiger partial charge in [0.15, 0.2) is 0 Å². The summed E-state index contributed by atoms with van der Waals surface area (Å²) in [5, 5.41) is 11.9. The maximum Gasteiger partial charge on any atom is 0.340 e. The summed E-state index contributed by atoms with van der Waals surface area (Å²) in [6.45, 7) is 1.33. The molecule has 0 unspecified atom stereocenters. The van der Waals surface area contributed by atoms with Crippen LogP contribution in [0.3, 0.4) is 0 Å². The number of aromatic nitrogens is 2. The lowest BCUT2D eigenvalue weighted by molar-refractivity contribution is 0.0693. The van der Waals surface area contributed by atoms with E-state index in [2.05, 4.69) is 10.3 Å². The molecule has 0 saturated carbocycles. The predicted molar refractivity (Wildman–Crippen MR) is 68.7 cm³/mol.